The maximum absolute atomic E-state index is 14.7. The molecule has 2 saturated heterocycles. The van der Waals surface area contributed by atoms with E-state index in [4.69, 9.17) is 38.0 Å². The third-order valence-corrected chi connectivity index (χ3v) is 8.40. The normalized spacial score (nSPS) is 27.3. The molecule has 5 nitrogen and oxygen atoms in total. The average molecular weight is 549 g/mol. The van der Waals surface area contributed by atoms with E-state index in [1.165, 1.54) is 0 Å². The molecule has 2 aliphatic heterocycles. The van der Waals surface area contributed by atoms with Gasteiger partial charge in [0.15, 0.2) is 0 Å². The summed E-state index contributed by atoms with van der Waals surface area (Å²) in [6.45, 7) is 11.3. The first kappa shape index (κ1) is 28.4. The molecule has 0 N–H and O–H groups in total. The highest BCUT2D eigenvalue weighted by molar-refractivity contribution is 6.30. The molecule has 2 aromatic carbocycles. The first-order valence-corrected chi connectivity index (χ1v) is 14.1. The Morgan fingerprint density at radius 3 is 2.32 bits per heavy atom. The van der Waals surface area contributed by atoms with Gasteiger partial charge in [0, 0.05) is 27.4 Å². The van der Waals surface area contributed by atoms with Gasteiger partial charge in [-0.25, -0.2) is 9.78 Å². The molecule has 202 valence electrons. The zero-order valence-corrected chi connectivity index (χ0v) is 24.0. The number of carbonyl (C=O) groups excluding carboxylic acids is 1. The first-order valence-electron chi connectivity index (χ1n) is 13.4. The van der Waals surface area contributed by atoms with Crippen molar-refractivity contribution >= 4 is 29.1 Å². The van der Waals surface area contributed by atoms with Crippen LogP contribution in [0.2, 0.25) is 10.0 Å². The van der Waals surface area contributed by atoms with Crippen LogP contribution in [-0.4, -0.2) is 29.6 Å². The Hall–Kier alpha value is -1.63. The molecule has 0 saturated carbocycles. The minimum Gasteiger partial charge on any atom is -0.331 e. The van der Waals surface area contributed by atoms with Crippen LogP contribution in [0.3, 0.4) is 0 Å². The van der Waals surface area contributed by atoms with Crippen molar-refractivity contribution < 1.29 is 19.6 Å². The monoisotopic (exact) mass is 547 g/mol. The Morgan fingerprint density at radius 2 is 1.73 bits per heavy atom. The topological polar surface area (TPSA) is 48.0 Å². The fraction of sp³-hybridized carbons (Fsp3) is 0.567. The van der Waals surface area contributed by atoms with Crippen molar-refractivity contribution in [2.24, 2.45) is 17.3 Å². The van der Waals surface area contributed by atoms with Gasteiger partial charge in [-0.2, -0.15) is 0 Å². The van der Waals surface area contributed by atoms with E-state index in [1.807, 2.05) is 30.3 Å². The number of likely N-dealkylation sites (tertiary alicyclic amines) is 1. The zero-order chi connectivity index (χ0) is 26.7. The molecular weight excluding hydrogens is 509 g/mol. The number of piperidine rings is 1. The molecule has 0 aromatic heterocycles. The third kappa shape index (κ3) is 6.51. The number of nitrogens with zero attached hydrogens (tertiary/aromatic N) is 1. The highest BCUT2D eigenvalue weighted by Crippen LogP contribution is 2.53. The molecule has 0 bridgehead atoms. The van der Waals surface area contributed by atoms with Crippen molar-refractivity contribution in [2.75, 3.05) is 6.61 Å². The molecule has 7 heteroatoms. The molecule has 2 fully saturated rings. The van der Waals surface area contributed by atoms with Crippen LogP contribution in [0.15, 0.2) is 48.5 Å². The lowest BCUT2D eigenvalue weighted by atomic mass is 9.66. The van der Waals surface area contributed by atoms with Gasteiger partial charge in [-0.05, 0) is 72.9 Å². The molecule has 2 heterocycles. The molecule has 2 unspecified atom stereocenters. The van der Waals surface area contributed by atoms with Crippen LogP contribution in [0, 0.1) is 17.3 Å². The van der Waals surface area contributed by atoms with Crippen LogP contribution >= 0.6 is 23.2 Å². The van der Waals surface area contributed by atoms with E-state index >= 15 is 0 Å². The average Bonchev–Trinajstić information content (AvgIpc) is 3.34. The predicted molar refractivity (Wildman–Crippen MR) is 147 cm³/mol. The number of halogens is 2. The maximum atomic E-state index is 14.7. The van der Waals surface area contributed by atoms with Gasteiger partial charge in [0.05, 0.1) is 6.04 Å². The number of carbonyl (C=O) groups is 1. The van der Waals surface area contributed by atoms with E-state index in [2.05, 4.69) is 57.7 Å². The van der Waals surface area contributed by atoms with Crippen molar-refractivity contribution in [1.82, 2.24) is 4.90 Å². The Balaban J connectivity index is 1.86. The van der Waals surface area contributed by atoms with Crippen LogP contribution in [-0.2, 0) is 19.6 Å². The van der Waals surface area contributed by atoms with E-state index < -0.39 is 5.41 Å². The summed E-state index contributed by atoms with van der Waals surface area (Å²) < 4.78 is 0. The van der Waals surface area contributed by atoms with E-state index in [1.54, 1.807) is 0 Å². The number of benzene rings is 2. The molecule has 0 spiro atoms. The van der Waals surface area contributed by atoms with Gasteiger partial charge >= 0.3 is 0 Å². The Bertz CT molecular complexity index is 1050. The Labute approximate surface area is 231 Å². The van der Waals surface area contributed by atoms with Gasteiger partial charge in [0.25, 0.3) is 0 Å². The smallest absolute Gasteiger partial charge is 0.229 e. The minimum absolute atomic E-state index is 0.0334. The van der Waals surface area contributed by atoms with Gasteiger partial charge in [0.1, 0.15) is 12.7 Å². The number of amides is 1. The summed E-state index contributed by atoms with van der Waals surface area (Å²) >= 11 is 12.8. The van der Waals surface area contributed by atoms with Crippen molar-refractivity contribution in [1.29, 1.82) is 0 Å². The van der Waals surface area contributed by atoms with Gasteiger partial charge in [0.2, 0.25) is 5.91 Å². The molecule has 0 radical (unpaired) electrons. The highest BCUT2D eigenvalue weighted by atomic mass is 35.5. The second kappa shape index (κ2) is 12.0. The van der Waals surface area contributed by atoms with Gasteiger partial charge in [-0.3, -0.25) is 4.79 Å². The van der Waals surface area contributed by atoms with Crippen molar-refractivity contribution in [2.45, 2.75) is 84.4 Å². The standard InChI is InChI=1S/C30H39Cl2NO4/c1-19(2)9-14-27(20(3)4)33-28(21-10-12-23(31)13-11-21)26(22-7-6-8-24(32)15-22)17-30(5,29(33)34)16-25-18-35-37-36-25/h6-8,10-13,15,19-20,25-28H,9,14,16-18H2,1-5H3/t25?,26-,27-,28?,30+/m1/s1. The highest BCUT2D eigenvalue weighted by Gasteiger charge is 2.53. The van der Waals surface area contributed by atoms with E-state index in [0.29, 0.717) is 35.4 Å². The van der Waals surface area contributed by atoms with Crippen LogP contribution in [0.1, 0.15) is 83.4 Å². The molecule has 1 amide bonds. The van der Waals surface area contributed by atoms with Crippen molar-refractivity contribution in [3.05, 3.63) is 69.7 Å². The van der Waals surface area contributed by atoms with Crippen molar-refractivity contribution in [3.8, 4) is 0 Å². The quantitative estimate of drug-likeness (QED) is 0.297. The van der Waals surface area contributed by atoms with Gasteiger partial charge in [-0.1, -0.05) is 87.1 Å². The van der Waals surface area contributed by atoms with Crippen LogP contribution in [0.25, 0.3) is 0 Å². The van der Waals surface area contributed by atoms with Gasteiger partial charge < -0.3 is 4.90 Å². The molecule has 2 aromatic rings. The number of hydrogen-bond acceptors (Lipinski definition) is 4. The second-order valence-corrected chi connectivity index (χ2v) is 12.6. The molecular formula is C30H39Cl2NO4. The van der Waals surface area contributed by atoms with Crippen molar-refractivity contribution in [3.63, 3.8) is 0 Å². The molecule has 0 aliphatic carbocycles. The summed E-state index contributed by atoms with van der Waals surface area (Å²) in [6, 6.07) is 16.0. The zero-order valence-electron chi connectivity index (χ0n) is 22.5. The summed E-state index contributed by atoms with van der Waals surface area (Å²) in [4.78, 5) is 27.2. The molecule has 37 heavy (non-hydrogen) atoms. The molecule has 2 aliphatic rings. The van der Waals surface area contributed by atoms with E-state index in [-0.39, 0.29) is 35.9 Å². The lowest BCUT2D eigenvalue weighted by molar-refractivity contribution is -0.460. The maximum Gasteiger partial charge on any atom is 0.229 e. The summed E-state index contributed by atoms with van der Waals surface area (Å²) in [5.74, 6) is 1.02. The lowest BCUT2D eigenvalue weighted by Gasteiger charge is -2.53. The van der Waals surface area contributed by atoms with E-state index in [0.717, 1.165) is 24.0 Å². The lowest BCUT2D eigenvalue weighted by Crippen LogP contribution is -2.57. The van der Waals surface area contributed by atoms with Gasteiger partial charge in [-0.15, -0.1) is 0 Å². The van der Waals surface area contributed by atoms with Crippen LogP contribution in [0.4, 0.5) is 0 Å². The Morgan fingerprint density at radius 1 is 1.00 bits per heavy atom. The first-order chi connectivity index (χ1) is 17.6. The number of rotatable bonds is 9. The second-order valence-electron chi connectivity index (χ2n) is 11.7. The fourth-order valence-electron chi connectivity index (χ4n) is 6.04. The fourth-order valence-corrected chi connectivity index (χ4v) is 6.37. The summed E-state index contributed by atoms with van der Waals surface area (Å²) in [5, 5.41) is 6.10. The van der Waals surface area contributed by atoms with Crippen LogP contribution < -0.4 is 0 Å². The van der Waals surface area contributed by atoms with Crippen LogP contribution in [0.5, 0.6) is 0 Å². The SMILES string of the molecule is CC(C)CC[C@H](C(C)C)N1C(=O)[C@@](C)(CC2COOO2)C[C@H](c2cccc(Cl)c2)C1c1ccc(Cl)cc1. The predicted octanol–water partition coefficient (Wildman–Crippen LogP) is 8.17. The number of hydrogen-bond donors (Lipinski definition) is 0. The largest absolute Gasteiger partial charge is 0.331 e. The summed E-state index contributed by atoms with van der Waals surface area (Å²) in [7, 11) is 0. The summed E-state index contributed by atoms with van der Waals surface area (Å²) in [6.07, 6.45) is 2.87. The van der Waals surface area contributed by atoms with E-state index in [9.17, 15) is 4.79 Å². The Kier molecular flexibility index (Phi) is 9.24. The minimum atomic E-state index is -0.664. The molecule has 5 atom stereocenters. The molecule has 4 rings (SSSR count). The third-order valence-electron chi connectivity index (χ3n) is 7.91. The summed E-state index contributed by atoms with van der Waals surface area (Å²) in [5.41, 5.74) is 1.55.